The number of nitrogens with zero attached hydrogens (tertiary/aromatic N) is 2. The zero-order valence-electron chi connectivity index (χ0n) is 15.4. The van der Waals surface area contributed by atoms with Crippen LogP contribution in [0, 0.1) is 0 Å². The van der Waals surface area contributed by atoms with Crippen LogP contribution in [-0.4, -0.2) is 45.7 Å². The molecule has 0 saturated carbocycles. The summed E-state index contributed by atoms with van der Waals surface area (Å²) in [5, 5.41) is 3.72. The number of nitrogens with one attached hydrogen (secondary N) is 2. The molecular weight excluding hydrogens is 388 g/mol. The maximum atomic E-state index is 12.7. The molecule has 1 aromatic carbocycles. The van der Waals surface area contributed by atoms with Gasteiger partial charge in [-0.3, -0.25) is 4.72 Å². The fourth-order valence-electron chi connectivity index (χ4n) is 3.23. The van der Waals surface area contributed by atoms with Crippen LogP contribution in [0.3, 0.4) is 0 Å². The van der Waals surface area contributed by atoms with Gasteiger partial charge in [-0.25, -0.2) is 13.4 Å². The van der Waals surface area contributed by atoms with E-state index >= 15 is 0 Å². The van der Waals surface area contributed by atoms with Gasteiger partial charge < -0.3 is 15.0 Å². The monoisotopic (exact) mass is 410 g/mol. The zero-order chi connectivity index (χ0) is 19.6. The number of ether oxygens (including phenoxy) is 1. The minimum absolute atomic E-state index is 0.0313. The molecule has 2 aromatic rings. The van der Waals surface area contributed by atoms with Crippen LogP contribution in [0.2, 0.25) is 5.15 Å². The Kier molecular flexibility index (Phi) is 5.78. The summed E-state index contributed by atoms with van der Waals surface area (Å²) in [5.74, 6) is 0.445. The summed E-state index contributed by atoms with van der Waals surface area (Å²) in [4.78, 5) is 6.10. The first-order valence-corrected chi connectivity index (χ1v) is 10.5. The standard InChI is InChI=1S/C18H23ClN4O3S/c1-12-10-23(11-13(2)21-12)14-4-6-17(26-3)16(8-14)22-27(24,25)15-5-7-18(19)20-9-15/h4-9,12-13,21-22H,10-11H2,1-3H3/t12-,13+. The molecule has 0 spiro atoms. The minimum Gasteiger partial charge on any atom is -0.495 e. The lowest BCUT2D eigenvalue weighted by Gasteiger charge is -2.38. The number of methoxy groups -OCH3 is 1. The van der Waals surface area contributed by atoms with E-state index in [0.717, 1.165) is 18.8 Å². The van der Waals surface area contributed by atoms with E-state index in [1.807, 2.05) is 6.07 Å². The van der Waals surface area contributed by atoms with E-state index in [-0.39, 0.29) is 10.0 Å². The number of sulfonamides is 1. The molecule has 0 radical (unpaired) electrons. The van der Waals surface area contributed by atoms with Crippen LogP contribution in [0.25, 0.3) is 0 Å². The molecular formula is C18H23ClN4O3S. The number of aromatic nitrogens is 1. The Morgan fingerprint density at radius 2 is 1.93 bits per heavy atom. The summed E-state index contributed by atoms with van der Waals surface area (Å²) in [6.45, 7) is 5.93. The summed E-state index contributed by atoms with van der Waals surface area (Å²) < 4.78 is 33.3. The average Bonchev–Trinajstić information content (AvgIpc) is 2.61. The quantitative estimate of drug-likeness (QED) is 0.737. The normalized spacial score (nSPS) is 20.4. The van der Waals surface area contributed by atoms with Crippen molar-refractivity contribution in [1.29, 1.82) is 0 Å². The SMILES string of the molecule is COc1ccc(N2C[C@@H](C)N[C@@H](C)C2)cc1NS(=O)(=O)c1ccc(Cl)nc1. The Labute approximate surface area is 164 Å². The van der Waals surface area contributed by atoms with Gasteiger partial charge in [0.05, 0.1) is 12.8 Å². The number of piperazine rings is 1. The van der Waals surface area contributed by atoms with Gasteiger partial charge in [0.15, 0.2) is 0 Å². The summed E-state index contributed by atoms with van der Waals surface area (Å²) in [6.07, 6.45) is 1.22. The van der Waals surface area contributed by atoms with Crippen LogP contribution in [0.4, 0.5) is 11.4 Å². The van der Waals surface area contributed by atoms with Crippen LogP contribution in [-0.2, 0) is 10.0 Å². The molecule has 3 rings (SSSR count). The lowest BCUT2D eigenvalue weighted by Crippen LogP contribution is -2.54. The second-order valence-corrected chi connectivity index (χ2v) is 8.75. The molecule has 2 atom stereocenters. The number of halogens is 1. The molecule has 0 bridgehead atoms. The number of pyridine rings is 1. The topological polar surface area (TPSA) is 83.6 Å². The van der Waals surface area contributed by atoms with Crippen molar-refractivity contribution >= 4 is 33.0 Å². The van der Waals surface area contributed by atoms with E-state index in [1.165, 1.54) is 25.4 Å². The molecule has 0 aliphatic carbocycles. The second-order valence-electron chi connectivity index (χ2n) is 6.68. The van der Waals surface area contributed by atoms with E-state index in [4.69, 9.17) is 16.3 Å². The molecule has 7 nitrogen and oxygen atoms in total. The average molecular weight is 411 g/mol. The zero-order valence-corrected chi connectivity index (χ0v) is 17.0. The van der Waals surface area contributed by atoms with E-state index in [0.29, 0.717) is 23.5 Å². The van der Waals surface area contributed by atoms with Crippen LogP contribution in [0.5, 0.6) is 5.75 Å². The Bertz CT molecular complexity index is 895. The van der Waals surface area contributed by atoms with Crippen LogP contribution < -0.4 is 19.7 Å². The van der Waals surface area contributed by atoms with Crippen molar-refractivity contribution in [2.45, 2.75) is 30.8 Å². The fourth-order valence-corrected chi connectivity index (χ4v) is 4.35. The molecule has 146 valence electrons. The molecule has 1 aliphatic heterocycles. The van der Waals surface area contributed by atoms with Crippen LogP contribution in [0.15, 0.2) is 41.4 Å². The van der Waals surface area contributed by atoms with E-state index in [1.54, 1.807) is 12.1 Å². The third-order valence-electron chi connectivity index (χ3n) is 4.36. The maximum Gasteiger partial charge on any atom is 0.263 e. The van der Waals surface area contributed by atoms with Crippen molar-refractivity contribution in [3.63, 3.8) is 0 Å². The molecule has 1 fully saturated rings. The Morgan fingerprint density at radius 3 is 2.52 bits per heavy atom. The smallest absolute Gasteiger partial charge is 0.263 e. The van der Waals surface area contributed by atoms with Crippen molar-refractivity contribution in [3.8, 4) is 5.75 Å². The molecule has 1 aromatic heterocycles. The van der Waals surface area contributed by atoms with Gasteiger partial charge in [0.2, 0.25) is 0 Å². The number of hydrogen-bond acceptors (Lipinski definition) is 6. The highest BCUT2D eigenvalue weighted by molar-refractivity contribution is 7.92. The molecule has 1 aliphatic rings. The van der Waals surface area contributed by atoms with E-state index in [9.17, 15) is 8.42 Å². The first kappa shape index (κ1) is 19.7. The van der Waals surface area contributed by atoms with Gasteiger partial charge in [-0.15, -0.1) is 0 Å². The number of hydrogen-bond donors (Lipinski definition) is 2. The van der Waals surface area contributed by atoms with Crippen molar-refractivity contribution < 1.29 is 13.2 Å². The summed E-state index contributed by atoms with van der Waals surface area (Å²) in [6, 6.07) is 9.04. The Hall–Kier alpha value is -2.03. The van der Waals surface area contributed by atoms with Gasteiger partial charge in [-0.2, -0.15) is 0 Å². The molecule has 1 saturated heterocycles. The van der Waals surface area contributed by atoms with Crippen LogP contribution in [0.1, 0.15) is 13.8 Å². The van der Waals surface area contributed by atoms with Gasteiger partial charge in [0, 0.05) is 37.1 Å². The fraction of sp³-hybridized carbons (Fsp3) is 0.389. The summed E-state index contributed by atoms with van der Waals surface area (Å²) in [5.41, 5.74) is 1.31. The third kappa shape index (κ3) is 4.63. The molecule has 9 heteroatoms. The summed E-state index contributed by atoms with van der Waals surface area (Å²) in [7, 11) is -2.31. The Balaban J connectivity index is 1.91. The van der Waals surface area contributed by atoms with Crippen molar-refractivity contribution in [1.82, 2.24) is 10.3 Å². The maximum absolute atomic E-state index is 12.7. The molecule has 0 unspecified atom stereocenters. The van der Waals surface area contributed by atoms with Gasteiger partial charge in [0.25, 0.3) is 10.0 Å². The highest BCUT2D eigenvalue weighted by Crippen LogP contribution is 2.32. The minimum atomic E-state index is -3.81. The molecule has 2 heterocycles. The van der Waals surface area contributed by atoms with Crippen molar-refractivity contribution in [2.24, 2.45) is 0 Å². The lowest BCUT2D eigenvalue weighted by molar-refractivity contribution is 0.406. The molecule has 27 heavy (non-hydrogen) atoms. The van der Waals surface area contributed by atoms with Crippen molar-refractivity contribution in [2.75, 3.05) is 29.8 Å². The predicted octanol–water partition coefficient (Wildman–Crippen LogP) is 2.73. The molecule has 2 N–H and O–H groups in total. The first-order valence-electron chi connectivity index (χ1n) is 8.62. The predicted molar refractivity (Wildman–Crippen MR) is 107 cm³/mol. The Morgan fingerprint density at radius 1 is 1.22 bits per heavy atom. The number of benzene rings is 1. The largest absolute Gasteiger partial charge is 0.495 e. The van der Waals surface area contributed by atoms with Crippen molar-refractivity contribution in [3.05, 3.63) is 41.7 Å². The van der Waals surface area contributed by atoms with Crippen LogP contribution >= 0.6 is 11.6 Å². The highest BCUT2D eigenvalue weighted by Gasteiger charge is 2.23. The van der Waals surface area contributed by atoms with E-state index in [2.05, 4.69) is 33.8 Å². The third-order valence-corrected chi connectivity index (χ3v) is 5.93. The lowest BCUT2D eigenvalue weighted by atomic mass is 10.1. The van der Waals surface area contributed by atoms with E-state index < -0.39 is 10.0 Å². The summed E-state index contributed by atoms with van der Waals surface area (Å²) >= 11 is 5.74. The second kappa shape index (κ2) is 7.92. The number of rotatable bonds is 5. The van der Waals surface area contributed by atoms with Gasteiger partial charge >= 0.3 is 0 Å². The molecule has 0 amide bonds. The van der Waals surface area contributed by atoms with Gasteiger partial charge in [0.1, 0.15) is 15.8 Å². The van der Waals surface area contributed by atoms with Gasteiger partial charge in [-0.05, 0) is 44.2 Å². The first-order chi connectivity index (χ1) is 12.8. The van der Waals surface area contributed by atoms with Gasteiger partial charge in [-0.1, -0.05) is 11.6 Å². The number of anilines is 2. The highest BCUT2D eigenvalue weighted by atomic mass is 35.5.